The minimum atomic E-state index is -0.375. The molecule has 0 unspecified atom stereocenters. The number of fused-ring (bicyclic) bond motifs is 2. The van der Waals surface area contributed by atoms with Gasteiger partial charge in [-0.2, -0.15) is 0 Å². The van der Waals surface area contributed by atoms with Crippen molar-refractivity contribution in [2.75, 3.05) is 7.11 Å². The number of rotatable bonds is 5. The maximum Gasteiger partial charge on any atom is 0.340 e. The third kappa shape index (κ3) is 3.76. The van der Waals surface area contributed by atoms with Gasteiger partial charge in [-0.3, -0.25) is 3.97 Å². The summed E-state index contributed by atoms with van der Waals surface area (Å²) in [6.45, 7) is 2.10. The first-order chi connectivity index (χ1) is 17.6. The van der Waals surface area contributed by atoms with E-state index in [9.17, 15) is 4.79 Å². The number of aromatic nitrogens is 3. The van der Waals surface area contributed by atoms with E-state index in [1.54, 1.807) is 18.1 Å². The molecular weight excluding hydrogens is 466 g/mol. The second-order valence-corrected chi connectivity index (χ2v) is 9.63. The minimum absolute atomic E-state index is 0.375. The molecule has 6 heteroatoms. The van der Waals surface area contributed by atoms with Crippen molar-refractivity contribution in [3.8, 4) is 22.5 Å². The zero-order valence-electron chi connectivity index (χ0n) is 19.9. The van der Waals surface area contributed by atoms with Gasteiger partial charge in [0.1, 0.15) is 0 Å². The summed E-state index contributed by atoms with van der Waals surface area (Å²) in [4.78, 5) is 22.2. The van der Waals surface area contributed by atoms with E-state index in [-0.39, 0.29) is 5.97 Å². The van der Waals surface area contributed by atoms with Crippen molar-refractivity contribution in [1.82, 2.24) is 13.9 Å². The number of pyridine rings is 1. The van der Waals surface area contributed by atoms with E-state index in [0.29, 0.717) is 5.56 Å². The molecule has 0 amide bonds. The van der Waals surface area contributed by atoms with Crippen molar-refractivity contribution in [3.63, 3.8) is 0 Å². The van der Waals surface area contributed by atoms with Crippen molar-refractivity contribution < 1.29 is 9.53 Å². The third-order valence-electron chi connectivity index (χ3n) is 6.43. The number of nitrogens with zero attached hydrogens (tertiary/aromatic N) is 2. The molecule has 0 fully saturated rings. The summed E-state index contributed by atoms with van der Waals surface area (Å²) >= 11 is 1.61. The van der Waals surface area contributed by atoms with Crippen LogP contribution >= 0.6 is 11.9 Å². The lowest BCUT2D eigenvalue weighted by Crippen LogP contribution is -2.01. The Hall–Kier alpha value is -4.29. The second kappa shape index (κ2) is 9.06. The molecule has 6 rings (SSSR count). The van der Waals surface area contributed by atoms with Crippen LogP contribution in [0.1, 0.15) is 15.9 Å². The molecule has 3 aromatic carbocycles. The molecule has 0 saturated carbocycles. The van der Waals surface area contributed by atoms with Gasteiger partial charge in [0, 0.05) is 39.5 Å². The number of H-pyrrole nitrogens is 1. The molecule has 1 N–H and O–H groups in total. The number of benzene rings is 3. The lowest BCUT2D eigenvalue weighted by Gasteiger charge is -2.10. The number of ether oxygens (including phenoxy) is 1. The number of carbonyl (C=O) groups is 1. The fraction of sp³-hybridized carbons (Fsp3) is 0.0667. The highest BCUT2D eigenvalue weighted by molar-refractivity contribution is 7.98. The van der Waals surface area contributed by atoms with Crippen LogP contribution in [-0.2, 0) is 4.74 Å². The van der Waals surface area contributed by atoms with Gasteiger partial charge in [0.15, 0.2) is 5.65 Å². The van der Waals surface area contributed by atoms with Crippen molar-refractivity contribution in [2.45, 2.75) is 11.8 Å². The molecule has 176 valence electrons. The van der Waals surface area contributed by atoms with Gasteiger partial charge in [-0.1, -0.05) is 54.6 Å². The predicted octanol–water partition coefficient (Wildman–Crippen LogP) is 7.50. The first kappa shape index (κ1) is 22.2. The van der Waals surface area contributed by atoms with Crippen LogP contribution in [0.25, 0.3) is 44.3 Å². The van der Waals surface area contributed by atoms with E-state index in [1.165, 1.54) is 12.7 Å². The molecule has 0 saturated heterocycles. The topological polar surface area (TPSA) is 59.9 Å². The minimum Gasteiger partial charge on any atom is -0.465 e. The van der Waals surface area contributed by atoms with Crippen LogP contribution in [0.2, 0.25) is 0 Å². The molecule has 36 heavy (non-hydrogen) atoms. The number of esters is 1. The fourth-order valence-electron chi connectivity index (χ4n) is 4.67. The van der Waals surface area contributed by atoms with Crippen LogP contribution in [0, 0.1) is 6.92 Å². The summed E-state index contributed by atoms with van der Waals surface area (Å²) in [7, 11) is 1.41. The quantitative estimate of drug-likeness (QED) is 0.255. The molecule has 0 atom stereocenters. The Morgan fingerprint density at radius 3 is 2.47 bits per heavy atom. The molecule has 0 aliphatic rings. The van der Waals surface area contributed by atoms with Crippen molar-refractivity contribution in [3.05, 3.63) is 108 Å². The van der Waals surface area contributed by atoms with Gasteiger partial charge in [0.05, 0.1) is 18.4 Å². The molecular formula is C30H23N3O2S. The molecule has 6 aromatic rings. The molecule has 0 radical (unpaired) electrons. The van der Waals surface area contributed by atoms with Crippen LogP contribution in [0.5, 0.6) is 0 Å². The largest absolute Gasteiger partial charge is 0.465 e. The molecule has 3 heterocycles. The van der Waals surface area contributed by atoms with Crippen LogP contribution in [0.4, 0.5) is 0 Å². The van der Waals surface area contributed by atoms with Gasteiger partial charge >= 0.3 is 5.97 Å². The van der Waals surface area contributed by atoms with E-state index in [1.807, 2.05) is 48.7 Å². The lowest BCUT2D eigenvalue weighted by molar-refractivity contribution is 0.0602. The monoisotopic (exact) mass is 489 g/mol. The fourth-order valence-corrected chi connectivity index (χ4v) is 5.53. The van der Waals surface area contributed by atoms with Gasteiger partial charge in [-0.15, -0.1) is 0 Å². The molecule has 0 aliphatic carbocycles. The number of aryl methyl sites for hydroxylation is 1. The Bertz CT molecular complexity index is 1730. The average Bonchev–Trinajstić information content (AvgIpc) is 3.54. The number of hydrogen-bond acceptors (Lipinski definition) is 4. The summed E-state index contributed by atoms with van der Waals surface area (Å²) in [6.07, 6.45) is 3.83. The Kier molecular flexibility index (Phi) is 5.58. The first-order valence-corrected chi connectivity index (χ1v) is 12.4. The molecule has 3 aromatic heterocycles. The molecule has 0 bridgehead atoms. The van der Waals surface area contributed by atoms with E-state index in [4.69, 9.17) is 4.74 Å². The zero-order valence-corrected chi connectivity index (χ0v) is 20.7. The normalized spacial score (nSPS) is 11.3. The van der Waals surface area contributed by atoms with Crippen LogP contribution in [0.3, 0.4) is 0 Å². The van der Waals surface area contributed by atoms with Crippen LogP contribution in [-0.4, -0.2) is 27.0 Å². The smallest absolute Gasteiger partial charge is 0.340 e. The van der Waals surface area contributed by atoms with E-state index < -0.39 is 0 Å². The highest BCUT2D eigenvalue weighted by Gasteiger charge is 2.21. The summed E-state index contributed by atoms with van der Waals surface area (Å²) in [5, 5.41) is 3.24. The number of hydrogen-bond donors (Lipinski definition) is 1. The highest BCUT2D eigenvalue weighted by atomic mass is 32.2. The van der Waals surface area contributed by atoms with E-state index in [2.05, 4.69) is 63.3 Å². The third-order valence-corrected chi connectivity index (χ3v) is 7.40. The van der Waals surface area contributed by atoms with Gasteiger partial charge in [0.25, 0.3) is 0 Å². The number of nitrogens with one attached hydrogen (secondary N) is 1. The Morgan fingerprint density at radius 1 is 0.889 bits per heavy atom. The van der Waals surface area contributed by atoms with Crippen LogP contribution in [0.15, 0.2) is 102 Å². The molecule has 5 nitrogen and oxygen atoms in total. The Labute approximate surface area is 212 Å². The van der Waals surface area contributed by atoms with Crippen molar-refractivity contribution >= 4 is 39.7 Å². The van der Waals surface area contributed by atoms with Gasteiger partial charge in [-0.25, -0.2) is 9.78 Å². The zero-order chi connectivity index (χ0) is 24.6. The van der Waals surface area contributed by atoms with Crippen molar-refractivity contribution in [2.24, 2.45) is 0 Å². The van der Waals surface area contributed by atoms with Gasteiger partial charge in [-0.05, 0) is 65.5 Å². The molecule has 0 aliphatic heterocycles. The molecule has 0 spiro atoms. The maximum absolute atomic E-state index is 12.9. The maximum atomic E-state index is 12.9. The summed E-state index contributed by atoms with van der Waals surface area (Å²) in [6, 6.07) is 28.5. The first-order valence-electron chi connectivity index (χ1n) is 11.6. The summed E-state index contributed by atoms with van der Waals surface area (Å²) in [5.74, 6) is -0.375. The number of methoxy groups -OCH3 is 1. The Balaban J connectivity index is 1.51. The summed E-state index contributed by atoms with van der Waals surface area (Å²) in [5.41, 5.74) is 6.07. The van der Waals surface area contributed by atoms with Gasteiger partial charge < -0.3 is 9.72 Å². The highest BCUT2D eigenvalue weighted by Crippen LogP contribution is 2.37. The SMILES string of the molecule is COC(=O)c1cc(-c2ccnc3c2ccn3Sc2ccccc2)[nH]c1-c1ccc(C)c2ccccc12. The second-order valence-electron chi connectivity index (χ2n) is 8.58. The predicted molar refractivity (Wildman–Crippen MR) is 146 cm³/mol. The van der Waals surface area contributed by atoms with E-state index >= 15 is 0 Å². The standard InChI is InChI=1S/C30H23N3O2S/c1-19-12-13-24(22-11-7-6-10-21(19)22)28-26(30(34)35-2)18-27(32-28)23-14-16-31-29-25(23)15-17-33(29)36-20-8-4-3-5-9-20/h3-18,32H,1-2H3. The summed E-state index contributed by atoms with van der Waals surface area (Å²) < 4.78 is 7.22. The number of aromatic amines is 1. The Morgan fingerprint density at radius 2 is 1.67 bits per heavy atom. The number of carbonyl (C=O) groups excluding carboxylic acids is 1. The van der Waals surface area contributed by atoms with Crippen LogP contribution < -0.4 is 0 Å². The average molecular weight is 490 g/mol. The lowest BCUT2D eigenvalue weighted by atomic mass is 9.97. The van der Waals surface area contributed by atoms with Gasteiger partial charge in [0.2, 0.25) is 0 Å². The van der Waals surface area contributed by atoms with Crippen molar-refractivity contribution in [1.29, 1.82) is 0 Å². The van der Waals surface area contributed by atoms with E-state index in [0.717, 1.165) is 49.2 Å².